The molecule has 4 aliphatic rings. The maximum absolute atomic E-state index is 15.2. The Morgan fingerprint density at radius 3 is 2.36 bits per heavy atom. The maximum atomic E-state index is 15.2. The third kappa shape index (κ3) is 5.80. The number of amides is 4. The third-order valence-corrected chi connectivity index (χ3v) is 11.3. The largest absolute Gasteiger partial charge is 0.505 e. The zero-order chi connectivity index (χ0) is 38.1. The van der Waals surface area contributed by atoms with Gasteiger partial charge in [0.1, 0.15) is 0 Å². The quantitative estimate of drug-likeness (QED) is 0.140. The summed E-state index contributed by atoms with van der Waals surface area (Å²) in [5.41, 5.74) is 0.329. The fraction of sp³-hybridized carbons (Fsp3) is 0.333. The van der Waals surface area contributed by atoms with Crippen LogP contribution in [0, 0.1) is 29.5 Å². The summed E-state index contributed by atoms with van der Waals surface area (Å²) in [6.07, 6.45) is -2.98. The number of alkyl halides is 3. The molecule has 6 atom stereocenters. The van der Waals surface area contributed by atoms with Crippen molar-refractivity contribution in [3.05, 3.63) is 98.9 Å². The van der Waals surface area contributed by atoms with Crippen LogP contribution in [-0.2, 0) is 35.6 Å². The summed E-state index contributed by atoms with van der Waals surface area (Å²) in [7, 11) is 0. The van der Waals surface area contributed by atoms with Gasteiger partial charge in [-0.3, -0.25) is 34.3 Å². The number of nitrogens with one attached hydrogen (secondary N) is 1. The van der Waals surface area contributed by atoms with Crippen LogP contribution in [0.1, 0.15) is 48.3 Å². The van der Waals surface area contributed by atoms with E-state index in [1.165, 1.54) is 30.3 Å². The fourth-order valence-electron chi connectivity index (χ4n) is 8.53. The van der Waals surface area contributed by atoms with Gasteiger partial charge in [0, 0.05) is 30.1 Å². The number of phenolic OH excluding ortho intramolecular Hbond substituents is 1. The Morgan fingerprint density at radius 1 is 1.00 bits per heavy atom. The van der Waals surface area contributed by atoms with Crippen molar-refractivity contribution in [1.82, 2.24) is 14.9 Å². The van der Waals surface area contributed by atoms with Gasteiger partial charge in [-0.05, 0) is 66.6 Å². The number of carbonyl (C=O) groups excluding carboxylic acids is 4. The lowest BCUT2D eigenvalue weighted by Gasteiger charge is -2.50. The number of nitrogens with zero attached hydrogens (tertiary/aromatic N) is 3. The van der Waals surface area contributed by atoms with Gasteiger partial charge in [0.25, 0.3) is 11.8 Å². The van der Waals surface area contributed by atoms with Crippen molar-refractivity contribution >= 4 is 58.6 Å². The molecular formula is C36H28Cl2F4N4O7. The first-order valence-electron chi connectivity index (χ1n) is 16.4. The number of hydrogen-bond acceptors (Lipinski definition) is 8. The van der Waals surface area contributed by atoms with Crippen molar-refractivity contribution in [3.8, 4) is 5.75 Å². The van der Waals surface area contributed by atoms with Crippen molar-refractivity contribution in [2.45, 2.75) is 43.2 Å². The minimum absolute atomic E-state index is 0.0169. The van der Waals surface area contributed by atoms with E-state index in [1.54, 1.807) is 6.08 Å². The Balaban J connectivity index is 1.39. The highest BCUT2D eigenvalue weighted by Crippen LogP contribution is 2.64. The predicted molar refractivity (Wildman–Crippen MR) is 179 cm³/mol. The molecule has 3 aromatic rings. The Bertz CT molecular complexity index is 2110. The highest BCUT2D eigenvalue weighted by atomic mass is 35.5. The monoisotopic (exact) mass is 774 g/mol. The lowest BCUT2D eigenvalue weighted by molar-refractivity contribution is -0.142. The van der Waals surface area contributed by atoms with Crippen LogP contribution in [-0.4, -0.2) is 61.2 Å². The summed E-state index contributed by atoms with van der Waals surface area (Å²) in [5, 5.41) is 19.6. The second-order valence-corrected chi connectivity index (χ2v) is 14.3. The molecule has 4 amide bonds. The SMILES string of the molecule is O=C(O)CCCN1C(=O)C2CC=C3C(CC4C(=O)N(Nc5ncc(C(F)(F)F)cc5Cl)C(=O)C4(c4ccc(Cl)cc4)C3c3ccc(O)c(F)c3)C2C1=O. The molecular weight excluding hydrogens is 747 g/mol. The minimum atomic E-state index is -4.79. The number of anilines is 1. The summed E-state index contributed by atoms with van der Waals surface area (Å²) in [6.45, 7) is -0.139. The molecule has 6 unspecified atom stereocenters. The Morgan fingerprint density at radius 2 is 1.72 bits per heavy atom. The molecule has 2 saturated heterocycles. The molecule has 0 bridgehead atoms. The average molecular weight is 776 g/mol. The summed E-state index contributed by atoms with van der Waals surface area (Å²) in [6, 6.07) is 10.1. The van der Waals surface area contributed by atoms with Crippen LogP contribution in [0.2, 0.25) is 10.0 Å². The standard InChI is InChI=1S/C36H28Cl2F4N4O7/c37-19-6-4-17(5-7-19)35-23(32(51)46(34(35)53)44-30-24(38)13-18(15-43-30)36(40,41)42)14-22-20(29(35)16-3-10-26(47)25(39)12-16)8-9-21-28(22)33(52)45(31(21)50)11-1-2-27(48)49/h3-8,10,12-13,15,21-23,28-29,47H,1-2,9,11,14H2,(H,43,44)(H,48,49). The molecule has 3 N–H and O–H groups in total. The van der Waals surface area contributed by atoms with E-state index >= 15 is 9.18 Å². The molecule has 2 aliphatic heterocycles. The molecule has 11 nitrogen and oxygen atoms in total. The fourth-order valence-corrected chi connectivity index (χ4v) is 8.87. The number of pyridine rings is 1. The summed E-state index contributed by atoms with van der Waals surface area (Å²) in [4.78, 5) is 73.3. The number of allylic oxidation sites excluding steroid dienone is 2. The topological polar surface area (TPSA) is 157 Å². The van der Waals surface area contributed by atoms with Crippen molar-refractivity contribution < 1.29 is 51.7 Å². The number of hydrazine groups is 1. The molecule has 7 rings (SSSR count). The van der Waals surface area contributed by atoms with Crippen LogP contribution in [0.3, 0.4) is 0 Å². The third-order valence-electron chi connectivity index (χ3n) is 10.7. The Kier molecular flexibility index (Phi) is 9.00. The molecule has 3 heterocycles. The number of aromatic hydroxyl groups is 1. The number of likely N-dealkylation sites (tertiary alicyclic amines) is 1. The molecule has 0 radical (unpaired) electrons. The molecule has 0 spiro atoms. The molecule has 1 aromatic heterocycles. The number of imide groups is 2. The van der Waals surface area contributed by atoms with E-state index in [4.69, 9.17) is 28.3 Å². The highest BCUT2D eigenvalue weighted by molar-refractivity contribution is 6.33. The van der Waals surface area contributed by atoms with Crippen molar-refractivity contribution in [1.29, 1.82) is 0 Å². The van der Waals surface area contributed by atoms with Gasteiger partial charge in [-0.25, -0.2) is 9.37 Å². The zero-order valence-corrected chi connectivity index (χ0v) is 28.8. The molecule has 2 aromatic carbocycles. The lowest BCUT2D eigenvalue weighted by Crippen LogP contribution is -2.53. The van der Waals surface area contributed by atoms with Crippen molar-refractivity contribution in [2.75, 3.05) is 12.0 Å². The number of carboxylic acid groups (broad SMARTS) is 1. The summed E-state index contributed by atoms with van der Waals surface area (Å²) < 4.78 is 55.4. The number of carbonyl (C=O) groups is 5. The van der Waals surface area contributed by atoms with E-state index in [0.717, 1.165) is 17.0 Å². The molecule has 1 saturated carbocycles. The van der Waals surface area contributed by atoms with Crippen LogP contribution < -0.4 is 5.43 Å². The van der Waals surface area contributed by atoms with Gasteiger partial charge < -0.3 is 10.2 Å². The molecule has 2 aliphatic carbocycles. The number of hydrogen-bond donors (Lipinski definition) is 3. The first-order valence-corrected chi connectivity index (χ1v) is 17.2. The number of aliphatic carboxylic acids is 1. The summed E-state index contributed by atoms with van der Waals surface area (Å²) in [5.74, 6) is -11.3. The van der Waals surface area contributed by atoms with E-state index in [-0.39, 0.29) is 48.4 Å². The Labute approximate surface area is 308 Å². The van der Waals surface area contributed by atoms with E-state index in [0.29, 0.717) is 22.8 Å². The second kappa shape index (κ2) is 13.1. The van der Waals surface area contributed by atoms with Gasteiger partial charge in [-0.2, -0.15) is 18.2 Å². The van der Waals surface area contributed by atoms with Gasteiger partial charge in [0.15, 0.2) is 17.4 Å². The molecule has 276 valence electrons. The molecule has 3 fully saturated rings. The number of carboxylic acids is 1. The van der Waals surface area contributed by atoms with Gasteiger partial charge in [0.2, 0.25) is 11.8 Å². The van der Waals surface area contributed by atoms with Gasteiger partial charge in [-0.15, -0.1) is 0 Å². The van der Waals surface area contributed by atoms with Crippen molar-refractivity contribution in [2.24, 2.45) is 23.7 Å². The van der Waals surface area contributed by atoms with E-state index in [2.05, 4.69) is 10.4 Å². The Hall–Kier alpha value is -5.02. The predicted octanol–water partition coefficient (Wildman–Crippen LogP) is 6.10. The average Bonchev–Trinajstić information content (AvgIpc) is 3.47. The number of aromatic nitrogens is 1. The zero-order valence-electron chi connectivity index (χ0n) is 27.2. The second-order valence-electron chi connectivity index (χ2n) is 13.5. The number of fused-ring (bicyclic) bond motifs is 4. The first-order chi connectivity index (χ1) is 25.0. The van der Waals surface area contributed by atoms with Crippen LogP contribution in [0.25, 0.3) is 0 Å². The summed E-state index contributed by atoms with van der Waals surface area (Å²) >= 11 is 12.4. The lowest BCUT2D eigenvalue weighted by atomic mass is 9.49. The van der Waals surface area contributed by atoms with Crippen molar-refractivity contribution in [3.63, 3.8) is 0 Å². The van der Waals surface area contributed by atoms with Crippen LogP contribution in [0.4, 0.5) is 23.4 Å². The van der Waals surface area contributed by atoms with E-state index in [9.17, 15) is 37.5 Å². The van der Waals surface area contributed by atoms with Gasteiger partial charge in [-0.1, -0.05) is 53.1 Å². The van der Waals surface area contributed by atoms with Gasteiger partial charge >= 0.3 is 12.1 Å². The number of benzene rings is 2. The van der Waals surface area contributed by atoms with Gasteiger partial charge in [0.05, 0.1) is 33.8 Å². The molecule has 17 heteroatoms. The van der Waals surface area contributed by atoms with Crippen LogP contribution in [0.5, 0.6) is 5.75 Å². The number of halogens is 6. The first kappa shape index (κ1) is 36.3. The number of rotatable bonds is 8. The van der Waals surface area contributed by atoms with E-state index < -0.39 is 98.7 Å². The van der Waals surface area contributed by atoms with E-state index in [1.807, 2.05) is 0 Å². The highest BCUT2D eigenvalue weighted by Gasteiger charge is 2.70. The molecule has 53 heavy (non-hydrogen) atoms. The van der Waals surface area contributed by atoms with Crippen LogP contribution in [0.15, 0.2) is 66.4 Å². The van der Waals surface area contributed by atoms with Crippen LogP contribution >= 0.6 is 23.2 Å². The normalized spacial score (nSPS) is 26.7. The minimum Gasteiger partial charge on any atom is -0.505 e. The maximum Gasteiger partial charge on any atom is 0.417 e. The number of phenols is 1. The smallest absolute Gasteiger partial charge is 0.417 e.